The number of hydrogen-bond donors (Lipinski definition) is 1. The van der Waals surface area contributed by atoms with Gasteiger partial charge in [-0.05, 0) is 61.4 Å². The topological polar surface area (TPSA) is 75.7 Å². The van der Waals surface area contributed by atoms with Crippen molar-refractivity contribution < 1.29 is 26.7 Å². The Kier molecular flexibility index (Phi) is 6.71. The van der Waals surface area contributed by atoms with Crippen molar-refractivity contribution in [2.45, 2.75) is 24.3 Å². The molecule has 0 aliphatic carbocycles. The van der Waals surface area contributed by atoms with Crippen molar-refractivity contribution in [1.82, 2.24) is 4.31 Å². The molecule has 2 aromatic carbocycles. The van der Waals surface area contributed by atoms with Gasteiger partial charge >= 0.3 is 6.61 Å². The minimum absolute atomic E-state index is 0.00119. The van der Waals surface area contributed by atoms with E-state index in [9.17, 15) is 22.0 Å². The highest BCUT2D eigenvalue weighted by atomic mass is 35.5. The van der Waals surface area contributed by atoms with Crippen LogP contribution in [0.2, 0.25) is 5.02 Å². The van der Waals surface area contributed by atoms with E-state index in [4.69, 9.17) is 11.6 Å². The number of anilines is 1. The largest absolute Gasteiger partial charge is 0.435 e. The van der Waals surface area contributed by atoms with E-state index in [-0.39, 0.29) is 35.6 Å². The maximum Gasteiger partial charge on any atom is 0.387 e. The quantitative estimate of drug-likeness (QED) is 0.731. The second-order valence-electron chi connectivity index (χ2n) is 6.52. The van der Waals surface area contributed by atoms with Crippen LogP contribution >= 0.6 is 11.6 Å². The molecule has 1 fully saturated rings. The zero-order valence-electron chi connectivity index (χ0n) is 15.2. The van der Waals surface area contributed by atoms with Crippen molar-refractivity contribution in [1.29, 1.82) is 0 Å². The number of halogens is 3. The molecule has 1 N–H and O–H groups in total. The van der Waals surface area contributed by atoms with Crippen molar-refractivity contribution in [3.63, 3.8) is 0 Å². The Morgan fingerprint density at radius 3 is 2.21 bits per heavy atom. The molecule has 0 spiro atoms. The van der Waals surface area contributed by atoms with Crippen molar-refractivity contribution in [2.75, 3.05) is 18.4 Å². The number of carbonyl (C=O) groups is 1. The van der Waals surface area contributed by atoms with Crippen LogP contribution < -0.4 is 10.1 Å². The third-order valence-electron chi connectivity index (χ3n) is 4.62. The first kappa shape index (κ1) is 21.5. The summed E-state index contributed by atoms with van der Waals surface area (Å²) in [6.45, 7) is -2.46. The summed E-state index contributed by atoms with van der Waals surface area (Å²) < 4.78 is 55.3. The summed E-state index contributed by atoms with van der Waals surface area (Å²) in [6.07, 6.45) is 0.760. The van der Waals surface area contributed by atoms with Crippen LogP contribution in [0.3, 0.4) is 0 Å². The van der Waals surface area contributed by atoms with Gasteiger partial charge in [-0.1, -0.05) is 11.6 Å². The summed E-state index contributed by atoms with van der Waals surface area (Å²) in [6, 6.07) is 11.6. The molecule has 0 aromatic heterocycles. The van der Waals surface area contributed by atoms with E-state index in [1.54, 1.807) is 0 Å². The average Bonchev–Trinajstić information content (AvgIpc) is 2.69. The highest BCUT2D eigenvalue weighted by Gasteiger charge is 2.32. The van der Waals surface area contributed by atoms with E-state index in [0.717, 1.165) is 0 Å². The molecule has 0 bridgehead atoms. The summed E-state index contributed by atoms with van der Waals surface area (Å²) in [5.74, 6) is -0.585. The Morgan fingerprint density at radius 1 is 1.07 bits per heavy atom. The Morgan fingerprint density at radius 2 is 1.66 bits per heavy atom. The van der Waals surface area contributed by atoms with Crippen LogP contribution in [0.4, 0.5) is 14.5 Å². The Bertz CT molecular complexity index is 945. The third-order valence-corrected chi connectivity index (χ3v) is 6.79. The zero-order chi connectivity index (χ0) is 21.0. The molecule has 6 nitrogen and oxygen atoms in total. The lowest BCUT2D eigenvalue weighted by molar-refractivity contribution is -0.120. The van der Waals surface area contributed by atoms with E-state index in [1.165, 1.54) is 52.8 Å². The molecular weight excluding hydrogens is 426 g/mol. The molecule has 0 saturated carbocycles. The standard InChI is InChI=1S/C19H19ClF2N2O4S/c20-14-1-7-17(8-2-14)29(26,27)24-11-9-13(10-12-24)18(25)23-15-3-5-16(6-4-15)28-19(21)22/h1-8,13,19H,9-12H2,(H,23,25). The first-order chi connectivity index (χ1) is 13.8. The lowest BCUT2D eigenvalue weighted by Gasteiger charge is -2.30. The van der Waals surface area contributed by atoms with Crippen LogP contribution in [0.25, 0.3) is 0 Å². The summed E-state index contributed by atoms with van der Waals surface area (Å²) in [4.78, 5) is 12.6. The fraction of sp³-hybridized carbons (Fsp3) is 0.316. The van der Waals surface area contributed by atoms with Gasteiger partial charge in [-0.25, -0.2) is 8.42 Å². The summed E-state index contributed by atoms with van der Waals surface area (Å²) >= 11 is 5.81. The average molecular weight is 445 g/mol. The highest BCUT2D eigenvalue weighted by molar-refractivity contribution is 7.89. The van der Waals surface area contributed by atoms with Crippen LogP contribution in [0.5, 0.6) is 5.75 Å². The molecule has 2 aromatic rings. The molecule has 1 amide bonds. The smallest absolute Gasteiger partial charge is 0.387 e. The monoisotopic (exact) mass is 444 g/mol. The fourth-order valence-electron chi connectivity index (χ4n) is 3.08. The maximum absolute atomic E-state index is 12.7. The third kappa shape index (κ3) is 5.43. The van der Waals surface area contributed by atoms with Gasteiger partial charge < -0.3 is 10.1 Å². The SMILES string of the molecule is O=C(Nc1ccc(OC(F)F)cc1)C1CCN(S(=O)(=O)c2ccc(Cl)cc2)CC1. The number of ether oxygens (including phenoxy) is 1. The van der Waals surface area contributed by atoms with Crippen molar-refractivity contribution in [3.05, 3.63) is 53.6 Å². The Labute approximate surface area is 172 Å². The molecule has 0 radical (unpaired) electrons. The van der Waals surface area contributed by atoms with Gasteiger partial charge in [0.1, 0.15) is 5.75 Å². The van der Waals surface area contributed by atoms with Gasteiger partial charge in [0, 0.05) is 29.7 Å². The Hall–Kier alpha value is -2.23. The van der Waals surface area contributed by atoms with Crippen molar-refractivity contribution in [3.8, 4) is 5.75 Å². The molecule has 10 heteroatoms. The molecule has 29 heavy (non-hydrogen) atoms. The van der Waals surface area contributed by atoms with Gasteiger partial charge in [0.2, 0.25) is 15.9 Å². The van der Waals surface area contributed by atoms with Gasteiger partial charge in [-0.15, -0.1) is 0 Å². The molecule has 156 valence electrons. The van der Waals surface area contributed by atoms with Crippen LogP contribution in [0.1, 0.15) is 12.8 Å². The van der Waals surface area contributed by atoms with Crippen LogP contribution in [0.15, 0.2) is 53.4 Å². The lowest BCUT2D eigenvalue weighted by atomic mass is 9.97. The van der Waals surface area contributed by atoms with Crippen molar-refractivity contribution >= 4 is 33.2 Å². The molecule has 1 saturated heterocycles. The van der Waals surface area contributed by atoms with Gasteiger partial charge in [0.25, 0.3) is 0 Å². The number of piperidine rings is 1. The molecule has 1 aliphatic heterocycles. The normalized spacial score (nSPS) is 16.0. The molecular formula is C19H19ClF2N2O4S. The second kappa shape index (κ2) is 9.06. The number of amides is 1. The molecule has 1 heterocycles. The number of nitrogens with zero attached hydrogens (tertiary/aromatic N) is 1. The predicted octanol–water partition coefficient (Wildman–Crippen LogP) is 3.98. The van der Waals surface area contributed by atoms with Gasteiger partial charge in [-0.3, -0.25) is 4.79 Å². The summed E-state index contributed by atoms with van der Waals surface area (Å²) in [5, 5.41) is 3.17. The number of benzene rings is 2. The first-order valence-corrected chi connectivity index (χ1v) is 10.7. The zero-order valence-corrected chi connectivity index (χ0v) is 16.8. The number of rotatable bonds is 6. The first-order valence-electron chi connectivity index (χ1n) is 8.87. The molecule has 3 rings (SSSR count). The summed E-state index contributed by atoms with van der Waals surface area (Å²) in [7, 11) is -3.63. The fourth-order valence-corrected chi connectivity index (χ4v) is 4.67. The van der Waals surface area contributed by atoms with Gasteiger partial charge in [0.05, 0.1) is 4.90 Å². The molecule has 1 aliphatic rings. The van der Waals surface area contributed by atoms with E-state index in [1.807, 2.05) is 0 Å². The lowest BCUT2D eigenvalue weighted by Crippen LogP contribution is -2.41. The van der Waals surface area contributed by atoms with E-state index >= 15 is 0 Å². The second-order valence-corrected chi connectivity index (χ2v) is 8.90. The van der Waals surface area contributed by atoms with E-state index < -0.39 is 16.6 Å². The highest BCUT2D eigenvalue weighted by Crippen LogP contribution is 2.26. The van der Waals surface area contributed by atoms with E-state index in [0.29, 0.717) is 23.6 Å². The molecule has 0 unspecified atom stereocenters. The maximum atomic E-state index is 12.7. The Balaban J connectivity index is 1.56. The van der Waals surface area contributed by atoms with Crippen molar-refractivity contribution in [2.24, 2.45) is 5.92 Å². The number of nitrogens with one attached hydrogen (secondary N) is 1. The predicted molar refractivity (Wildman–Crippen MR) is 105 cm³/mol. The number of carbonyl (C=O) groups excluding carboxylic acids is 1. The minimum atomic E-state index is -3.63. The van der Waals surface area contributed by atoms with Crippen LogP contribution in [-0.2, 0) is 14.8 Å². The van der Waals surface area contributed by atoms with Crippen LogP contribution in [-0.4, -0.2) is 38.3 Å². The minimum Gasteiger partial charge on any atom is -0.435 e. The van der Waals surface area contributed by atoms with Crippen LogP contribution in [0, 0.1) is 5.92 Å². The van der Waals surface area contributed by atoms with Gasteiger partial charge in [0.15, 0.2) is 0 Å². The van der Waals surface area contributed by atoms with Gasteiger partial charge in [-0.2, -0.15) is 13.1 Å². The van der Waals surface area contributed by atoms with E-state index in [2.05, 4.69) is 10.1 Å². The number of sulfonamides is 1. The summed E-state index contributed by atoms with van der Waals surface area (Å²) in [5.41, 5.74) is 0.452. The number of alkyl halides is 2. The number of hydrogen-bond acceptors (Lipinski definition) is 4. The molecule has 0 atom stereocenters.